The van der Waals surface area contributed by atoms with Gasteiger partial charge in [-0.25, -0.2) is 0 Å². The highest BCUT2D eigenvalue weighted by Crippen LogP contribution is 2.26. The Kier molecular flexibility index (Phi) is 0.990. The van der Waals surface area contributed by atoms with Gasteiger partial charge in [-0.1, -0.05) is 0 Å². The molecule has 0 bridgehead atoms. The molecule has 0 aliphatic carbocycles. The second kappa shape index (κ2) is 1.70. The van der Waals surface area contributed by atoms with Crippen molar-refractivity contribution in [3.63, 3.8) is 0 Å². The third kappa shape index (κ3) is 0.645. The van der Waals surface area contributed by atoms with Gasteiger partial charge in [0.1, 0.15) is 6.10 Å². The summed E-state index contributed by atoms with van der Waals surface area (Å²) in [4.78, 5) is 10.6. The van der Waals surface area contributed by atoms with Gasteiger partial charge < -0.3 is 10.1 Å². The van der Waals surface area contributed by atoms with Crippen LogP contribution in [0.15, 0.2) is 0 Å². The van der Waals surface area contributed by atoms with Crippen LogP contribution in [-0.2, 0) is 9.53 Å². The van der Waals surface area contributed by atoms with E-state index in [1.54, 1.807) is 0 Å². The molecular formula is C6H9NO2. The predicted octanol–water partition coefficient (Wildman–Crippen LogP) is -0.479. The van der Waals surface area contributed by atoms with Gasteiger partial charge in [0.25, 0.3) is 0 Å². The number of nitrogens with one attached hydrogen (secondary N) is 1. The summed E-state index contributed by atoms with van der Waals surface area (Å²) in [5.41, 5.74) is 0. The van der Waals surface area contributed by atoms with Crippen LogP contribution in [0.2, 0.25) is 0 Å². The smallest absolute Gasteiger partial charge is 0.313 e. The van der Waals surface area contributed by atoms with Crippen LogP contribution in [0, 0.1) is 5.92 Å². The molecule has 2 atom stereocenters. The first-order valence-electron chi connectivity index (χ1n) is 3.29. The van der Waals surface area contributed by atoms with E-state index in [2.05, 4.69) is 5.32 Å². The van der Waals surface area contributed by atoms with Gasteiger partial charge in [-0.2, -0.15) is 0 Å². The number of hydrogen-bond donors (Lipinski definition) is 1. The van der Waals surface area contributed by atoms with Crippen molar-refractivity contribution in [3.8, 4) is 0 Å². The molecule has 0 aromatic rings. The summed E-state index contributed by atoms with van der Waals surface area (Å²) >= 11 is 0. The van der Waals surface area contributed by atoms with Crippen LogP contribution in [0.3, 0.4) is 0 Å². The molecule has 3 nitrogen and oxygen atoms in total. The molecule has 2 saturated heterocycles. The van der Waals surface area contributed by atoms with Crippen LogP contribution >= 0.6 is 0 Å². The Morgan fingerprint density at radius 1 is 1.67 bits per heavy atom. The van der Waals surface area contributed by atoms with Gasteiger partial charge in [0.2, 0.25) is 0 Å². The first-order chi connectivity index (χ1) is 4.38. The Labute approximate surface area is 53.4 Å². The van der Waals surface area contributed by atoms with Gasteiger partial charge in [0, 0.05) is 6.54 Å². The number of rotatable bonds is 0. The molecular weight excluding hydrogens is 118 g/mol. The maximum absolute atomic E-state index is 10.6. The number of carbonyl (C=O) groups excluding carboxylic acids is 1. The molecule has 1 N–H and O–H groups in total. The lowest BCUT2D eigenvalue weighted by Gasteiger charge is -2.38. The van der Waals surface area contributed by atoms with Crippen LogP contribution in [0.5, 0.6) is 0 Å². The van der Waals surface area contributed by atoms with Crippen molar-refractivity contribution in [2.75, 3.05) is 13.1 Å². The van der Waals surface area contributed by atoms with Crippen LogP contribution in [0.4, 0.5) is 0 Å². The number of fused-ring (bicyclic) bond motifs is 1. The maximum Gasteiger partial charge on any atom is 0.313 e. The Morgan fingerprint density at radius 2 is 2.56 bits per heavy atom. The van der Waals surface area contributed by atoms with E-state index in [-0.39, 0.29) is 18.0 Å². The lowest BCUT2D eigenvalue weighted by atomic mass is 9.90. The fourth-order valence-corrected chi connectivity index (χ4v) is 1.39. The Bertz CT molecular complexity index is 146. The molecule has 0 aromatic carbocycles. The van der Waals surface area contributed by atoms with Gasteiger partial charge >= 0.3 is 5.97 Å². The summed E-state index contributed by atoms with van der Waals surface area (Å²) in [5, 5.41) is 3.16. The fourth-order valence-electron chi connectivity index (χ4n) is 1.39. The summed E-state index contributed by atoms with van der Waals surface area (Å²) in [6, 6.07) is 0. The largest absolute Gasteiger partial charge is 0.460 e. The lowest BCUT2D eigenvalue weighted by molar-refractivity contribution is -0.186. The summed E-state index contributed by atoms with van der Waals surface area (Å²) in [7, 11) is 0. The molecule has 50 valence electrons. The summed E-state index contributed by atoms with van der Waals surface area (Å²) in [6.07, 6.45) is 1.16. The quantitative estimate of drug-likeness (QED) is 0.447. The van der Waals surface area contributed by atoms with Crippen molar-refractivity contribution in [1.82, 2.24) is 5.32 Å². The zero-order valence-corrected chi connectivity index (χ0v) is 5.09. The van der Waals surface area contributed by atoms with Crippen molar-refractivity contribution in [2.24, 2.45) is 5.92 Å². The van der Waals surface area contributed by atoms with Crippen molar-refractivity contribution in [1.29, 1.82) is 0 Å². The average molecular weight is 127 g/mol. The average Bonchev–Trinajstić information content (AvgIpc) is 1.86. The van der Waals surface area contributed by atoms with Crippen molar-refractivity contribution < 1.29 is 9.53 Å². The molecule has 2 heterocycles. The van der Waals surface area contributed by atoms with E-state index in [1.165, 1.54) is 0 Å². The van der Waals surface area contributed by atoms with Crippen LogP contribution in [0.1, 0.15) is 6.42 Å². The molecule has 0 saturated carbocycles. The lowest BCUT2D eigenvalue weighted by Crippen LogP contribution is -2.55. The molecule has 0 aromatic heterocycles. The third-order valence-electron chi connectivity index (χ3n) is 2.00. The minimum atomic E-state index is 0.00139. The van der Waals surface area contributed by atoms with Gasteiger partial charge in [0.05, 0.1) is 5.92 Å². The highest BCUT2D eigenvalue weighted by atomic mass is 16.6. The second-order valence-electron chi connectivity index (χ2n) is 2.57. The Morgan fingerprint density at radius 3 is 3.11 bits per heavy atom. The molecule has 2 rings (SSSR count). The standard InChI is InChI=1S/C6H9NO2/c8-6-4-1-2-7-3-5(4)9-6/h4-5,7H,1-3H2/t4-,5+/m1/s1. The zero-order valence-electron chi connectivity index (χ0n) is 5.09. The number of esters is 1. The second-order valence-corrected chi connectivity index (χ2v) is 2.57. The van der Waals surface area contributed by atoms with E-state index < -0.39 is 0 Å². The topological polar surface area (TPSA) is 38.3 Å². The van der Waals surface area contributed by atoms with Crippen LogP contribution in [0.25, 0.3) is 0 Å². The molecule has 0 spiro atoms. The van der Waals surface area contributed by atoms with Crippen molar-refractivity contribution in [2.45, 2.75) is 12.5 Å². The maximum atomic E-state index is 10.6. The highest BCUT2D eigenvalue weighted by molar-refractivity contribution is 5.78. The molecule has 3 heteroatoms. The SMILES string of the molecule is O=C1O[C@H]2CNCC[C@@H]12. The van der Waals surface area contributed by atoms with Crippen LogP contribution in [-0.4, -0.2) is 25.2 Å². The van der Waals surface area contributed by atoms with Crippen molar-refractivity contribution in [3.05, 3.63) is 0 Å². The van der Waals surface area contributed by atoms with E-state index >= 15 is 0 Å². The van der Waals surface area contributed by atoms with E-state index in [9.17, 15) is 4.79 Å². The monoisotopic (exact) mass is 127 g/mol. The Hall–Kier alpha value is -0.570. The van der Waals surface area contributed by atoms with Gasteiger partial charge in [0.15, 0.2) is 0 Å². The minimum absolute atomic E-state index is 0.00139. The molecule has 2 fully saturated rings. The molecule has 0 radical (unpaired) electrons. The highest BCUT2D eigenvalue weighted by Gasteiger charge is 2.43. The van der Waals surface area contributed by atoms with Crippen molar-refractivity contribution >= 4 is 5.97 Å². The third-order valence-corrected chi connectivity index (χ3v) is 2.00. The summed E-state index contributed by atoms with van der Waals surface area (Å²) in [5.74, 6) is 0.229. The number of hydrogen-bond acceptors (Lipinski definition) is 3. The number of ether oxygens (including phenoxy) is 1. The molecule has 9 heavy (non-hydrogen) atoms. The molecule has 2 aliphatic heterocycles. The predicted molar refractivity (Wildman–Crippen MR) is 30.9 cm³/mol. The normalized spacial score (nSPS) is 40.7. The van der Waals surface area contributed by atoms with Gasteiger partial charge in [-0.3, -0.25) is 4.79 Å². The summed E-state index contributed by atoms with van der Waals surface area (Å²) < 4.78 is 4.84. The molecule has 0 unspecified atom stereocenters. The molecule has 2 aliphatic rings. The Balaban J connectivity index is 2.01. The number of piperidine rings is 1. The minimum Gasteiger partial charge on any atom is -0.460 e. The van der Waals surface area contributed by atoms with E-state index in [0.29, 0.717) is 0 Å². The molecule has 0 amide bonds. The summed E-state index contributed by atoms with van der Waals surface area (Å²) in [6.45, 7) is 1.83. The first-order valence-corrected chi connectivity index (χ1v) is 3.29. The fraction of sp³-hybridized carbons (Fsp3) is 0.833. The first kappa shape index (κ1) is 5.23. The zero-order chi connectivity index (χ0) is 6.27. The van der Waals surface area contributed by atoms with E-state index in [4.69, 9.17) is 4.74 Å². The van der Waals surface area contributed by atoms with Gasteiger partial charge in [-0.15, -0.1) is 0 Å². The van der Waals surface area contributed by atoms with E-state index in [1.807, 2.05) is 0 Å². The van der Waals surface area contributed by atoms with E-state index in [0.717, 1.165) is 19.5 Å². The van der Waals surface area contributed by atoms with Gasteiger partial charge in [-0.05, 0) is 13.0 Å². The number of carbonyl (C=O) groups is 1. The van der Waals surface area contributed by atoms with Crippen LogP contribution < -0.4 is 5.32 Å².